The molecule has 2 unspecified atom stereocenters. The normalized spacial score (nSPS) is 14.7. The lowest BCUT2D eigenvalue weighted by atomic mass is 10.1. The Morgan fingerprint density at radius 2 is 1.45 bits per heavy atom. The van der Waals surface area contributed by atoms with E-state index in [9.17, 15) is 14.3 Å². The number of hydrogen-bond acceptors (Lipinski definition) is 6. The monoisotopic (exact) mass is 494 g/mol. The number of carbonyl (C=O) groups is 1. The Morgan fingerprint density at radius 3 is 2.06 bits per heavy atom. The molecule has 9 heteroatoms. The first kappa shape index (κ1) is 32.5. The molecule has 0 aromatic heterocycles. The summed E-state index contributed by atoms with van der Waals surface area (Å²) < 4.78 is 28.5. The number of unbranched alkanes of at least 4 members (excludes halogenated alkanes) is 9. The summed E-state index contributed by atoms with van der Waals surface area (Å²) in [5.41, 5.74) is 0. The molecule has 0 aromatic carbocycles. The van der Waals surface area contributed by atoms with E-state index in [2.05, 4.69) is 19.2 Å². The van der Waals surface area contributed by atoms with Crippen molar-refractivity contribution >= 4 is 13.7 Å². The molecule has 0 saturated heterocycles. The summed E-state index contributed by atoms with van der Waals surface area (Å²) in [7, 11) is 1.45. The smallest absolute Gasteiger partial charge is 0.268 e. The number of ether oxygens (including phenoxy) is 1. The fourth-order valence-corrected chi connectivity index (χ4v) is 3.87. The van der Waals surface area contributed by atoms with Gasteiger partial charge in [-0.25, -0.2) is 0 Å². The number of amides is 1. The minimum atomic E-state index is -4.42. The number of quaternary nitrogens is 1. The van der Waals surface area contributed by atoms with Crippen LogP contribution in [0, 0.1) is 0 Å². The van der Waals surface area contributed by atoms with Gasteiger partial charge in [0.15, 0.2) is 0 Å². The molecular weight excluding hydrogens is 443 g/mol. The van der Waals surface area contributed by atoms with E-state index < -0.39 is 13.9 Å². The van der Waals surface area contributed by atoms with Crippen LogP contribution in [0.2, 0.25) is 0 Å². The van der Waals surface area contributed by atoms with E-state index >= 15 is 0 Å². The van der Waals surface area contributed by atoms with Gasteiger partial charge in [-0.3, -0.25) is 9.36 Å². The standard InChI is InChI=1S/C24H51N2O6P/c1-6-8-10-12-13-14-15-17-24(27)25-21-23(30-19-16-11-9-7-2)22-32-33(28,29)31-20-18-26(3,4)5/h23H,6-22H2,1-5H3,(H-,25,27,28,29). The van der Waals surface area contributed by atoms with E-state index in [1.54, 1.807) is 0 Å². The Kier molecular flexibility index (Phi) is 19.5. The third kappa shape index (κ3) is 23.0. The average Bonchev–Trinajstić information content (AvgIpc) is 2.73. The second kappa shape index (κ2) is 19.8. The zero-order valence-electron chi connectivity index (χ0n) is 21.9. The molecule has 0 saturated carbocycles. The maximum Gasteiger partial charge on any atom is 0.268 e. The Balaban J connectivity index is 4.35. The van der Waals surface area contributed by atoms with Gasteiger partial charge in [0.1, 0.15) is 13.2 Å². The van der Waals surface area contributed by atoms with Gasteiger partial charge in [-0.05, 0) is 12.8 Å². The number of carbonyl (C=O) groups excluding carboxylic acids is 1. The van der Waals surface area contributed by atoms with E-state index in [1.165, 1.54) is 25.7 Å². The van der Waals surface area contributed by atoms with Crippen molar-refractivity contribution in [2.75, 3.05) is 54.1 Å². The van der Waals surface area contributed by atoms with Crippen molar-refractivity contribution in [3.63, 3.8) is 0 Å². The van der Waals surface area contributed by atoms with Crippen LogP contribution in [-0.4, -0.2) is 70.5 Å². The van der Waals surface area contributed by atoms with Crippen molar-refractivity contribution in [3.8, 4) is 0 Å². The number of nitrogens with one attached hydrogen (secondary N) is 1. The Labute approximate surface area is 202 Å². The molecule has 2 atom stereocenters. The summed E-state index contributed by atoms with van der Waals surface area (Å²) in [6.07, 6.45) is 12.3. The molecule has 1 N–H and O–H groups in total. The summed E-state index contributed by atoms with van der Waals surface area (Å²) in [6, 6.07) is 0. The van der Waals surface area contributed by atoms with Crippen LogP contribution in [0.5, 0.6) is 0 Å². The number of likely N-dealkylation sites (N-methyl/N-ethyl adjacent to an activating group) is 1. The van der Waals surface area contributed by atoms with Gasteiger partial charge in [0, 0.05) is 19.6 Å². The van der Waals surface area contributed by atoms with Crippen LogP contribution >= 0.6 is 7.82 Å². The first-order valence-electron chi connectivity index (χ1n) is 12.9. The first-order chi connectivity index (χ1) is 15.6. The van der Waals surface area contributed by atoms with Crippen molar-refractivity contribution in [2.45, 2.75) is 97.0 Å². The minimum absolute atomic E-state index is 0.0346. The molecule has 1 amide bonds. The van der Waals surface area contributed by atoms with Crippen molar-refractivity contribution in [2.24, 2.45) is 0 Å². The zero-order valence-corrected chi connectivity index (χ0v) is 22.8. The predicted octanol–water partition coefficient (Wildman–Crippen LogP) is 4.42. The van der Waals surface area contributed by atoms with Gasteiger partial charge in [0.05, 0.1) is 33.9 Å². The molecule has 8 nitrogen and oxygen atoms in total. The number of phosphoric acid groups is 1. The van der Waals surface area contributed by atoms with Gasteiger partial charge >= 0.3 is 0 Å². The third-order valence-electron chi connectivity index (χ3n) is 5.32. The molecule has 0 aromatic rings. The molecule has 198 valence electrons. The van der Waals surface area contributed by atoms with Crippen LogP contribution in [0.3, 0.4) is 0 Å². The average molecular weight is 495 g/mol. The fourth-order valence-electron chi connectivity index (χ4n) is 3.14. The molecule has 0 aliphatic rings. The van der Waals surface area contributed by atoms with Crippen LogP contribution in [0.1, 0.15) is 90.9 Å². The quantitative estimate of drug-likeness (QED) is 0.128. The third-order valence-corrected chi connectivity index (χ3v) is 6.28. The number of hydrogen-bond donors (Lipinski definition) is 1. The topological polar surface area (TPSA) is 96.9 Å². The molecule has 0 aliphatic carbocycles. The van der Waals surface area contributed by atoms with Crippen LogP contribution in [0.4, 0.5) is 0 Å². The van der Waals surface area contributed by atoms with Crippen LogP contribution in [0.15, 0.2) is 0 Å². The van der Waals surface area contributed by atoms with Gasteiger partial charge in [0.2, 0.25) is 5.91 Å². The van der Waals surface area contributed by atoms with Gasteiger partial charge in [-0.2, -0.15) is 0 Å². The minimum Gasteiger partial charge on any atom is -0.756 e. The lowest BCUT2D eigenvalue weighted by Gasteiger charge is -2.28. The largest absolute Gasteiger partial charge is 0.756 e. The molecule has 0 rings (SSSR count). The van der Waals surface area contributed by atoms with Gasteiger partial charge in [-0.15, -0.1) is 0 Å². The number of nitrogens with zero attached hydrogens (tertiary/aromatic N) is 1. The summed E-state index contributed by atoms with van der Waals surface area (Å²) >= 11 is 0. The van der Waals surface area contributed by atoms with Crippen molar-refractivity contribution < 1.29 is 32.5 Å². The maximum absolute atomic E-state index is 12.2. The number of rotatable bonds is 23. The van der Waals surface area contributed by atoms with Crippen LogP contribution in [0.25, 0.3) is 0 Å². The zero-order chi connectivity index (χ0) is 25.0. The molecule has 0 heterocycles. The van der Waals surface area contributed by atoms with Crippen LogP contribution < -0.4 is 10.2 Å². The van der Waals surface area contributed by atoms with Crippen molar-refractivity contribution in [1.29, 1.82) is 0 Å². The second-order valence-corrected chi connectivity index (χ2v) is 11.2. The summed E-state index contributed by atoms with van der Waals surface area (Å²) in [4.78, 5) is 24.3. The maximum atomic E-state index is 12.2. The molecule has 0 fully saturated rings. The predicted molar refractivity (Wildman–Crippen MR) is 132 cm³/mol. The van der Waals surface area contributed by atoms with Crippen molar-refractivity contribution in [1.82, 2.24) is 5.32 Å². The van der Waals surface area contributed by atoms with E-state index in [0.29, 0.717) is 24.1 Å². The summed E-state index contributed by atoms with van der Waals surface area (Å²) in [6.45, 7) is 5.50. The van der Waals surface area contributed by atoms with E-state index in [1.807, 2.05) is 21.1 Å². The molecular formula is C24H51N2O6P. The van der Waals surface area contributed by atoms with Crippen molar-refractivity contribution in [3.05, 3.63) is 0 Å². The highest BCUT2D eigenvalue weighted by Crippen LogP contribution is 2.38. The van der Waals surface area contributed by atoms with Gasteiger partial charge in [-0.1, -0.05) is 71.6 Å². The lowest BCUT2D eigenvalue weighted by molar-refractivity contribution is -0.870. The highest BCUT2D eigenvalue weighted by molar-refractivity contribution is 7.45. The molecule has 0 spiro atoms. The van der Waals surface area contributed by atoms with E-state index in [4.69, 9.17) is 13.8 Å². The van der Waals surface area contributed by atoms with Gasteiger partial charge in [0.25, 0.3) is 7.82 Å². The van der Waals surface area contributed by atoms with E-state index in [-0.39, 0.29) is 25.7 Å². The molecule has 0 bridgehead atoms. The molecule has 0 radical (unpaired) electrons. The molecule has 33 heavy (non-hydrogen) atoms. The second-order valence-electron chi connectivity index (χ2n) is 9.82. The summed E-state index contributed by atoms with van der Waals surface area (Å²) in [5, 5.41) is 2.87. The number of phosphoric ester groups is 1. The first-order valence-corrected chi connectivity index (χ1v) is 14.3. The van der Waals surface area contributed by atoms with E-state index in [0.717, 1.165) is 44.9 Å². The SMILES string of the molecule is CCCCCCCCCC(=O)NCC(COP(=O)([O-])OCC[N+](C)(C)C)OCCCCCC. The Bertz CT molecular complexity index is 528. The Morgan fingerprint density at radius 1 is 0.879 bits per heavy atom. The van der Waals surface area contributed by atoms with Crippen LogP contribution in [-0.2, 0) is 23.1 Å². The highest BCUT2D eigenvalue weighted by atomic mass is 31.2. The van der Waals surface area contributed by atoms with Gasteiger partial charge < -0.3 is 28.5 Å². The highest BCUT2D eigenvalue weighted by Gasteiger charge is 2.18. The molecule has 0 aliphatic heterocycles. The lowest BCUT2D eigenvalue weighted by Crippen LogP contribution is -2.38. The Hall–Kier alpha value is -0.500. The fraction of sp³-hybridized carbons (Fsp3) is 0.958. The summed E-state index contributed by atoms with van der Waals surface area (Å²) in [5.74, 6) is -0.0346.